The predicted molar refractivity (Wildman–Crippen MR) is 100 cm³/mol. The number of hydrogen-bond acceptors (Lipinski definition) is 4. The number of aromatic nitrogens is 2. The third-order valence-corrected chi connectivity index (χ3v) is 4.61. The van der Waals surface area contributed by atoms with Gasteiger partial charge in [-0.05, 0) is 23.1 Å². The molecule has 0 amide bonds. The Balaban J connectivity index is 1.88. The Labute approximate surface area is 147 Å². The van der Waals surface area contributed by atoms with Crippen molar-refractivity contribution in [3.63, 3.8) is 0 Å². The average Bonchev–Trinajstić information content (AvgIpc) is 2.63. The van der Waals surface area contributed by atoms with Crippen LogP contribution in [0.15, 0.2) is 65.6 Å². The highest BCUT2D eigenvalue weighted by Crippen LogP contribution is 2.35. The van der Waals surface area contributed by atoms with Crippen LogP contribution >= 0.6 is 0 Å². The van der Waals surface area contributed by atoms with Gasteiger partial charge in [-0.3, -0.25) is 9.20 Å². The van der Waals surface area contributed by atoms with Gasteiger partial charge in [0.1, 0.15) is 11.5 Å². The van der Waals surface area contributed by atoms with Gasteiger partial charge in [-0.25, -0.2) is 4.98 Å². The van der Waals surface area contributed by atoms with E-state index in [2.05, 4.69) is 22.4 Å². The van der Waals surface area contributed by atoms with Crippen LogP contribution in [0, 0.1) is 5.41 Å². The summed E-state index contributed by atoms with van der Waals surface area (Å²) >= 11 is 0. The van der Waals surface area contributed by atoms with Crippen molar-refractivity contribution in [2.45, 2.75) is 19.8 Å². The summed E-state index contributed by atoms with van der Waals surface area (Å²) in [5.74, 6) is 0.626. The first kappa shape index (κ1) is 17.2. The second-order valence-electron chi connectivity index (χ2n) is 6.90. The largest absolute Gasteiger partial charge is 0.396 e. The quantitative estimate of drug-likeness (QED) is 0.726. The van der Waals surface area contributed by atoms with Crippen molar-refractivity contribution in [1.82, 2.24) is 9.38 Å². The van der Waals surface area contributed by atoms with Crippen molar-refractivity contribution in [2.24, 2.45) is 5.41 Å². The van der Waals surface area contributed by atoms with E-state index in [4.69, 9.17) is 0 Å². The van der Waals surface area contributed by atoms with Gasteiger partial charge in [-0.1, -0.05) is 50.2 Å². The minimum atomic E-state index is -0.305. The zero-order chi connectivity index (χ0) is 17.9. The van der Waals surface area contributed by atoms with E-state index in [1.807, 2.05) is 38.1 Å². The molecule has 5 heteroatoms. The highest BCUT2D eigenvalue weighted by atomic mass is 16.3. The molecule has 2 N–H and O–H groups in total. The Morgan fingerprint density at radius 2 is 1.88 bits per heavy atom. The number of nitrogens with one attached hydrogen (secondary N) is 1. The zero-order valence-electron chi connectivity index (χ0n) is 14.5. The summed E-state index contributed by atoms with van der Waals surface area (Å²) in [6, 6.07) is 17.1. The molecule has 0 aliphatic rings. The predicted octanol–water partition coefficient (Wildman–Crippen LogP) is 2.91. The minimum absolute atomic E-state index is 0.0715. The summed E-state index contributed by atoms with van der Waals surface area (Å²) in [7, 11) is 0. The number of pyridine rings is 1. The van der Waals surface area contributed by atoms with Crippen molar-refractivity contribution in [3.8, 4) is 0 Å². The normalized spacial score (nSPS) is 12.9. The third-order valence-electron chi connectivity index (χ3n) is 4.61. The van der Waals surface area contributed by atoms with Crippen LogP contribution < -0.4 is 10.9 Å². The number of aliphatic hydroxyl groups is 1. The fourth-order valence-corrected chi connectivity index (χ4v) is 2.99. The summed E-state index contributed by atoms with van der Waals surface area (Å²) in [6.45, 7) is 4.72. The molecule has 1 aromatic carbocycles. The summed E-state index contributed by atoms with van der Waals surface area (Å²) in [5.41, 5.74) is 1.33. The molecule has 1 atom stereocenters. The number of anilines is 1. The lowest BCUT2D eigenvalue weighted by Crippen LogP contribution is -2.31. The number of benzene rings is 1. The number of rotatable bonds is 6. The molecule has 3 aromatic rings. The maximum absolute atomic E-state index is 12.2. The Kier molecular flexibility index (Phi) is 4.86. The van der Waals surface area contributed by atoms with Crippen LogP contribution in [-0.2, 0) is 0 Å². The molecule has 0 radical (unpaired) electrons. The Bertz CT molecular complexity index is 903. The molecule has 0 aliphatic heterocycles. The SMILES string of the molecule is CC(C)(CO)[C@@H](CNc1cc(=O)n2ccccc2n1)c1ccccc1. The molecule has 25 heavy (non-hydrogen) atoms. The molecule has 0 aliphatic carbocycles. The van der Waals surface area contributed by atoms with Gasteiger partial charge < -0.3 is 10.4 Å². The fraction of sp³-hybridized carbons (Fsp3) is 0.300. The minimum Gasteiger partial charge on any atom is -0.396 e. The second kappa shape index (κ2) is 7.07. The topological polar surface area (TPSA) is 66.6 Å². The first-order chi connectivity index (χ1) is 12.0. The molecule has 0 spiro atoms. The van der Waals surface area contributed by atoms with Crippen molar-refractivity contribution in [3.05, 3.63) is 76.7 Å². The molecule has 2 heterocycles. The molecule has 0 bridgehead atoms. The van der Waals surface area contributed by atoms with Crippen LogP contribution in [0.2, 0.25) is 0 Å². The van der Waals surface area contributed by atoms with Gasteiger partial charge in [0.25, 0.3) is 5.56 Å². The van der Waals surface area contributed by atoms with Gasteiger partial charge >= 0.3 is 0 Å². The van der Waals surface area contributed by atoms with E-state index in [1.54, 1.807) is 18.3 Å². The Morgan fingerprint density at radius 3 is 2.60 bits per heavy atom. The highest BCUT2D eigenvalue weighted by Gasteiger charge is 2.30. The van der Waals surface area contributed by atoms with E-state index in [0.717, 1.165) is 5.56 Å². The van der Waals surface area contributed by atoms with Crippen LogP contribution in [0.1, 0.15) is 25.3 Å². The smallest absolute Gasteiger partial charge is 0.259 e. The van der Waals surface area contributed by atoms with Crippen LogP contribution in [0.25, 0.3) is 5.65 Å². The van der Waals surface area contributed by atoms with E-state index in [-0.39, 0.29) is 23.5 Å². The Morgan fingerprint density at radius 1 is 1.16 bits per heavy atom. The molecule has 0 saturated heterocycles. The van der Waals surface area contributed by atoms with Crippen molar-refractivity contribution in [2.75, 3.05) is 18.5 Å². The van der Waals surface area contributed by atoms with Crippen molar-refractivity contribution in [1.29, 1.82) is 0 Å². The van der Waals surface area contributed by atoms with Crippen LogP contribution in [0.4, 0.5) is 5.82 Å². The standard InChI is InChI=1S/C20H23N3O2/c1-20(2,14-24)16(15-8-4-3-5-9-15)13-21-17-12-19(25)23-11-7-6-10-18(23)22-17/h3-12,16,21,24H,13-14H2,1-2H3/t16-/m0/s1. The maximum atomic E-state index is 12.2. The monoisotopic (exact) mass is 337 g/mol. The lowest BCUT2D eigenvalue weighted by molar-refractivity contribution is 0.134. The van der Waals surface area contributed by atoms with Crippen molar-refractivity contribution >= 4 is 11.5 Å². The number of fused-ring (bicyclic) bond motifs is 1. The van der Waals surface area contributed by atoms with E-state index in [9.17, 15) is 9.90 Å². The summed E-state index contributed by atoms with van der Waals surface area (Å²) in [5, 5.41) is 13.1. The number of hydrogen-bond donors (Lipinski definition) is 2. The summed E-state index contributed by atoms with van der Waals surface area (Å²) < 4.78 is 1.51. The first-order valence-corrected chi connectivity index (χ1v) is 8.39. The van der Waals surface area contributed by atoms with Gasteiger partial charge in [0.2, 0.25) is 0 Å². The second-order valence-corrected chi connectivity index (χ2v) is 6.90. The molecule has 5 nitrogen and oxygen atoms in total. The lowest BCUT2D eigenvalue weighted by atomic mass is 9.75. The maximum Gasteiger partial charge on any atom is 0.259 e. The van der Waals surface area contributed by atoms with Gasteiger partial charge in [0.05, 0.1) is 0 Å². The van der Waals surface area contributed by atoms with Gasteiger partial charge in [-0.15, -0.1) is 0 Å². The molecule has 3 rings (SSSR count). The molecule has 0 unspecified atom stereocenters. The first-order valence-electron chi connectivity index (χ1n) is 8.39. The van der Waals surface area contributed by atoms with E-state index in [1.165, 1.54) is 10.5 Å². The van der Waals surface area contributed by atoms with Gasteiger partial charge in [0.15, 0.2) is 0 Å². The highest BCUT2D eigenvalue weighted by molar-refractivity contribution is 5.46. The number of aliphatic hydroxyl groups excluding tert-OH is 1. The van der Waals surface area contributed by atoms with Crippen LogP contribution in [0.5, 0.6) is 0 Å². The Hall–Kier alpha value is -2.66. The van der Waals surface area contributed by atoms with E-state index in [0.29, 0.717) is 18.0 Å². The third kappa shape index (κ3) is 3.72. The molecule has 0 saturated carbocycles. The fourth-order valence-electron chi connectivity index (χ4n) is 2.99. The molecule has 2 aromatic heterocycles. The van der Waals surface area contributed by atoms with E-state index >= 15 is 0 Å². The van der Waals surface area contributed by atoms with E-state index < -0.39 is 0 Å². The van der Waals surface area contributed by atoms with Gasteiger partial charge in [-0.2, -0.15) is 0 Å². The van der Waals surface area contributed by atoms with Crippen LogP contribution in [0.3, 0.4) is 0 Å². The molecule has 0 fully saturated rings. The zero-order valence-corrected chi connectivity index (χ0v) is 14.5. The molecular weight excluding hydrogens is 314 g/mol. The summed E-state index contributed by atoms with van der Waals surface area (Å²) in [6.07, 6.45) is 1.70. The average molecular weight is 337 g/mol. The summed E-state index contributed by atoms with van der Waals surface area (Å²) in [4.78, 5) is 16.7. The van der Waals surface area contributed by atoms with Crippen LogP contribution in [-0.4, -0.2) is 27.6 Å². The van der Waals surface area contributed by atoms with Gasteiger partial charge in [0, 0.05) is 31.3 Å². The molecular formula is C20H23N3O2. The number of nitrogens with zero attached hydrogens (tertiary/aromatic N) is 2. The van der Waals surface area contributed by atoms with Crippen molar-refractivity contribution < 1.29 is 5.11 Å². The lowest BCUT2D eigenvalue weighted by Gasteiger charge is -2.33. The molecule has 130 valence electrons.